The maximum absolute atomic E-state index is 11.3. The van der Waals surface area contributed by atoms with Crippen molar-refractivity contribution in [1.29, 1.82) is 0 Å². The lowest BCUT2D eigenvalue weighted by Gasteiger charge is -2.01. The average Bonchev–Trinajstić information content (AvgIpc) is 2.74. The molecule has 1 aromatic heterocycles. The molecule has 0 radical (unpaired) electrons. The second-order valence-corrected chi connectivity index (χ2v) is 2.71. The minimum atomic E-state index is -0.648. The molecule has 0 saturated carbocycles. The molecule has 0 fully saturated rings. The first-order chi connectivity index (χ1) is 7.25. The molecule has 2 aromatic rings. The molecule has 7 nitrogen and oxygen atoms in total. The summed E-state index contributed by atoms with van der Waals surface area (Å²) in [6.45, 7) is 0. The highest BCUT2D eigenvalue weighted by Crippen LogP contribution is 2.13. The summed E-state index contributed by atoms with van der Waals surface area (Å²) < 4.78 is 4.95. The summed E-state index contributed by atoms with van der Waals surface area (Å²) in [7, 11) is 0. The van der Waals surface area contributed by atoms with Crippen molar-refractivity contribution in [3.05, 3.63) is 30.1 Å². The number of carbonyl (C=O) groups is 1. The number of aromatic amines is 1. The number of aromatic nitrogens is 4. The molecule has 0 unspecified atom stereocenters. The first kappa shape index (κ1) is 9.13. The van der Waals surface area contributed by atoms with Gasteiger partial charge in [0, 0.05) is 5.69 Å². The lowest BCUT2D eigenvalue weighted by molar-refractivity contribution is 0.0722. The van der Waals surface area contributed by atoms with Gasteiger partial charge in [0.1, 0.15) is 5.75 Å². The smallest absolute Gasteiger partial charge is 0.383 e. The number of nitrogens with zero attached hydrogens (tertiary/aromatic N) is 3. The van der Waals surface area contributed by atoms with Crippen LogP contribution in [0.25, 0.3) is 0 Å². The molecule has 2 rings (SSSR count). The monoisotopic (exact) mass is 205 g/mol. The van der Waals surface area contributed by atoms with Crippen LogP contribution in [0.4, 0.5) is 5.69 Å². The molecule has 7 heteroatoms. The number of H-pyrrole nitrogens is 1. The molecule has 0 aliphatic rings. The number of nitrogen functional groups attached to an aromatic ring is 1. The van der Waals surface area contributed by atoms with Crippen LogP contribution in [0.15, 0.2) is 24.3 Å². The van der Waals surface area contributed by atoms with Gasteiger partial charge in [0.25, 0.3) is 5.82 Å². The van der Waals surface area contributed by atoms with E-state index in [1.807, 2.05) is 0 Å². The Kier molecular flexibility index (Phi) is 2.28. The van der Waals surface area contributed by atoms with Crippen LogP contribution in [0.2, 0.25) is 0 Å². The third kappa shape index (κ3) is 2.08. The summed E-state index contributed by atoms with van der Waals surface area (Å²) >= 11 is 0. The molecule has 1 aromatic carbocycles. The van der Waals surface area contributed by atoms with Crippen molar-refractivity contribution >= 4 is 11.7 Å². The van der Waals surface area contributed by atoms with Gasteiger partial charge in [-0.25, -0.2) is 9.89 Å². The van der Waals surface area contributed by atoms with Crippen LogP contribution in [-0.4, -0.2) is 26.6 Å². The van der Waals surface area contributed by atoms with Crippen molar-refractivity contribution in [3.8, 4) is 5.75 Å². The molecule has 0 amide bonds. The second-order valence-electron chi connectivity index (χ2n) is 2.71. The minimum absolute atomic E-state index is 0.0492. The van der Waals surface area contributed by atoms with Crippen LogP contribution in [-0.2, 0) is 0 Å². The highest BCUT2D eigenvalue weighted by Gasteiger charge is 2.11. The minimum Gasteiger partial charge on any atom is -0.421 e. The Hall–Kier alpha value is -2.44. The van der Waals surface area contributed by atoms with Crippen LogP contribution in [0.1, 0.15) is 10.6 Å². The Bertz CT molecular complexity index is 450. The number of nitrogens with two attached hydrogens (primary N) is 1. The zero-order valence-electron chi connectivity index (χ0n) is 7.54. The largest absolute Gasteiger partial charge is 0.421 e. The van der Waals surface area contributed by atoms with Gasteiger partial charge >= 0.3 is 5.97 Å². The van der Waals surface area contributed by atoms with Gasteiger partial charge in [0.15, 0.2) is 0 Å². The molecule has 0 aliphatic carbocycles. The van der Waals surface area contributed by atoms with Crippen LogP contribution in [0.5, 0.6) is 5.75 Å². The predicted molar refractivity (Wildman–Crippen MR) is 50.0 cm³/mol. The number of nitrogens with one attached hydrogen (secondary N) is 1. The maximum Gasteiger partial charge on any atom is 0.383 e. The summed E-state index contributed by atoms with van der Waals surface area (Å²) in [4.78, 5) is 11.3. The van der Waals surface area contributed by atoms with Gasteiger partial charge in [-0.2, -0.15) is 0 Å². The highest BCUT2D eigenvalue weighted by atomic mass is 16.5. The van der Waals surface area contributed by atoms with Gasteiger partial charge in [-0.1, -0.05) is 0 Å². The van der Waals surface area contributed by atoms with Gasteiger partial charge in [-0.05, 0) is 34.7 Å². The fraction of sp³-hybridized carbons (Fsp3) is 0. The average molecular weight is 205 g/mol. The topological polar surface area (TPSA) is 107 Å². The zero-order chi connectivity index (χ0) is 10.7. The normalized spacial score (nSPS) is 9.87. The van der Waals surface area contributed by atoms with E-state index in [1.165, 1.54) is 0 Å². The van der Waals surface area contributed by atoms with Crippen molar-refractivity contribution in [1.82, 2.24) is 20.6 Å². The van der Waals surface area contributed by atoms with E-state index in [2.05, 4.69) is 20.6 Å². The summed E-state index contributed by atoms with van der Waals surface area (Å²) in [5.74, 6) is -0.317. The Morgan fingerprint density at radius 2 is 2.07 bits per heavy atom. The number of esters is 1. The molecule has 0 aliphatic heterocycles. The number of hydrogen-bond acceptors (Lipinski definition) is 6. The fourth-order valence-corrected chi connectivity index (χ4v) is 0.937. The predicted octanol–water partition coefficient (Wildman–Crippen LogP) is 0.00110. The number of hydrogen-bond donors (Lipinski definition) is 2. The molecule has 15 heavy (non-hydrogen) atoms. The number of carbonyl (C=O) groups excluding carboxylic acids is 1. The fourth-order valence-electron chi connectivity index (χ4n) is 0.937. The van der Waals surface area contributed by atoms with E-state index in [9.17, 15) is 4.79 Å². The number of benzene rings is 1. The molecule has 0 atom stereocenters. The third-order valence-electron chi connectivity index (χ3n) is 1.63. The quantitative estimate of drug-likeness (QED) is 0.406. The Balaban J connectivity index is 2.09. The molecule has 3 N–H and O–H groups in total. The van der Waals surface area contributed by atoms with E-state index >= 15 is 0 Å². The summed E-state index contributed by atoms with van der Waals surface area (Å²) in [5, 5.41) is 12.2. The van der Waals surface area contributed by atoms with Crippen molar-refractivity contribution in [2.75, 3.05) is 5.73 Å². The Labute approximate surface area is 84.2 Å². The molecule has 0 bridgehead atoms. The lowest BCUT2D eigenvalue weighted by atomic mass is 10.3. The number of ether oxygens (including phenoxy) is 1. The van der Waals surface area contributed by atoms with Gasteiger partial charge in [0.2, 0.25) is 0 Å². The molecule has 0 saturated heterocycles. The SMILES string of the molecule is Nc1ccc(OC(=O)c2nnn[nH]2)cc1. The van der Waals surface area contributed by atoms with Crippen molar-refractivity contribution in [2.24, 2.45) is 0 Å². The van der Waals surface area contributed by atoms with E-state index in [1.54, 1.807) is 24.3 Å². The van der Waals surface area contributed by atoms with Crippen LogP contribution >= 0.6 is 0 Å². The van der Waals surface area contributed by atoms with Crippen molar-refractivity contribution in [2.45, 2.75) is 0 Å². The molecular formula is C8H7N5O2. The number of rotatable bonds is 2. The van der Waals surface area contributed by atoms with Crippen molar-refractivity contribution < 1.29 is 9.53 Å². The van der Waals surface area contributed by atoms with E-state index in [-0.39, 0.29) is 5.82 Å². The third-order valence-corrected chi connectivity index (χ3v) is 1.63. The lowest BCUT2D eigenvalue weighted by Crippen LogP contribution is -2.10. The highest BCUT2D eigenvalue weighted by molar-refractivity contribution is 5.86. The van der Waals surface area contributed by atoms with E-state index in [4.69, 9.17) is 10.5 Å². The molecule has 76 valence electrons. The standard InChI is InChI=1S/C8H7N5O2/c9-5-1-3-6(4-2-5)15-8(14)7-10-12-13-11-7/h1-4H,9H2,(H,10,11,12,13). The van der Waals surface area contributed by atoms with Crippen LogP contribution < -0.4 is 10.5 Å². The van der Waals surface area contributed by atoms with E-state index in [0.29, 0.717) is 11.4 Å². The molecule has 1 heterocycles. The van der Waals surface area contributed by atoms with Gasteiger partial charge in [-0.3, -0.25) is 0 Å². The van der Waals surface area contributed by atoms with E-state index in [0.717, 1.165) is 0 Å². The van der Waals surface area contributed by atoms with E-state index < -0.39 is 5.97 Å². The number of anilines is 1. The van der Waals surface area contributed by atoms with Crippen molar-refractivity contribution in [3.63, 3.8) is 0 Å². The molecular weight excluding hydrogens is 198 g/mol. The summed E-state index contributed by atoms with van der Waals surface area (Å²) in [5.41, 5.74) is 6.07. The zero-order valence-corrected chi connectivity index (χ0v) is 7.54. The first-order valence-corrected chi connectivity index (χ1v) is 4.07. The first-order valence-electron chi connectivity index (χ1n) is 4.07. The Morgan fingerprint density at radius 3 is 2.67 bits per heavy atom. The van der Waals surface area contributed by atoms with Crippen LogP contribution in [0, 0.1) is 0 Å². The summed E-state index contributed by atoms with van der Waals surface area (Å²) in [6, 6.07) is 6.41. The van der Waals surface area contributed by atoms with Gasteiger partial charge < -0.3 is 10.5 Å². The maximum atomic E-state index is 11.3. The Morgan fingerprint density at radius 1 is 1.33 bits per heavy atom. The van der Waals surface area contributed by atoms with Gasteiger partial charge in [-0.15, -0.1) is 5.10 Å². The summed E-state index contributed by atoms with van der Waals surface area (Å²) in [6.07, 6.45) is 0. The van der Waals surface area contributed by atoms with Crippen LogP contribution in [0.3, 0.4) is 0 Å². The second kappa shape index (κ2) is 3.74. The molecule has 0 spiro atoms. The van der Waals surface area contributed by atoms with Gasteiger partial charge in [0.05, 0.1) is 0 Å². The number of tetrazole rings is 1.